The molecule has 20 heavy (non-hydrogen) atoms. The average molecular weight is 264 g/mol. The zero-order chi connectivity index (χ0) is 13.7. The molecule has 4 nitrogen and oxygen atoms in total. The van der Waals surface area contributed by atoms with Crippen LogP contribution in [0.1, 0.15) is 11.3 Å². The highest BCUT2D eigenvalue weighted by Gasteiger charge is 2.47. The van der Waals surface area contributed by atoms with E-state index < -0.39 is 11.5 Å². The number of rotatable bonds is 1. The SMILES string of the molecule is O=C1Nc2ccccc2C1(O)c1cc2ccccc2[nH]1. The summed E-state index contributed by atoms with van der Waals surface area (Å²) < 4.78 is 0. The van der Waals surface area contributed by atoms with Gasteiger partial charge in [-0.05, 0) is 23.6 Å². The minimum Gasteiger partial charge on any atom is -0.371 e. The molecule has 0 spiro atoms. The van der Waals surface area contributed by atoms with E-state index in [2.05, 4.69) is 10.3 Å². The summed E-state index contributed by atoms with van der Waals surface area (Å²) in [4.78, 5) is 15.4. The third-order valence-electron chi connectivity index (χ3n) is 3.81. The van der Waals surface area contributed by atoms with Crippen molar-refractivity contribution in [3.8, 4) is 0 Å². The molecular weight excluding hydrogens is 252 g/mol. The lowest BCUT2D eigenvalue weighted by Crippen LogP contribution is -2.35. The fourth-order valence-corrected chi connectivity index (χ4v) is 2.78. The summed E-state index contributed by atoms with van der Waals surface area (Å²) in [5, 5.41) is 14.6. The van der Waals surface area contributed by atoms with E-state index in [1.54, 1.807) is 12.1 Å². The molecule has 0 fully saturated rings. The predicted octanol–water partition coefficient (Wildman–Crippen LogP) is 2.36. The van der Waals surface area contributed by atoms with Crippen molar-refractivity contribution in [2.45, 2.75) is 5.60 Å². The summed E-state index contributed by atoms with van der Waals surface area (Å²) in [7, 11) is 0. The van der Waals surface area contributed by atoms with Gasteiger partial charge in [0, 0.05) is 16.8 Å². The first kappa shape index (κ1) is 11.3. The maximum absolute atomic E-state index is 12.2. The van der Waals surface area contributed by atoms with Gasteiger partial charge in [0.1, 0.15) is 0 Å². The molecule has 3 N–H and O–H groups in total. The second-order valence-corrected chi connectivity index (χ2v) is 4.98. The van der Waals surface area contributed by atoms with E-state index in [0.717, 1.165) is 10.9 Å². The average Bonchev–Trinajstić information content (AvgIpc) is 3.00. The number of fused-ring (bicyclic) bond motifs is 2. The molecule has 0 aliphatic carbocycles. The van der Waals surface area contributed by atoms with Gasteiger partial charge in [0.25, 0.3) is 5.91 Å². The van der Waals surface area contributed by atoms with Crippen molar-refractivity contribution < 1.29 is 9.90 Å². The van der Waals surface area contributed by atoms with Crippen molar-refractivity contribution in [3.05, 3.63) is 65.9 Å². The van der Waals surface area contributed by atoms with Crippen molar-refractivity contribution in [1.82, 2.24) is 4.98 Å². The molecule has 3 aromatic rings. The first-order valence-corrected chi connectivity index (χ1v) is 6.41. The molecule has 0 saturated heterocycles. The monoisotopic (exact) mass is 264 g/mol. The normalized spacial score (nSPS) is 20.9. The Bertz CT molecular complexity index is 804. The van der Waals surface area contributed by atoms with Gasteiger partial charge in [0.05, 0.1) is 5.69 Å². The molecule has 1 aliphatic rings. The number of para-hydroxylation sites is 2. The van der Waals surface area contributed by atoms with Crippen molar-refractivity contribution in [3.63, 3.8) is 0 Å². The van der Waals surface area contributed by atoms with E-state index in [4.69, 9.17) is 0 Å². The second kappa shape index (κ2) is 3.71. The number of amides is 1. The molecule has 1 aromatic heterocycles. The van der Waals surface area contributed by atoms with Crippen LogP contribution in [0.15, 0.2) is 54.6 Å². The number of anilines is 1. The topological polar surface area (TPSA) is 65.1 Å². The van der Waals surface area contributed by atoms with Crippen LogP contribution in [0.25, 0.3) is 10.9 Å². The Hall–Kier alpha value is -2.59. The zero-order valence-corrected chi connectivity index (χ0v) is 10.6. The Balaban J connectivity index is 1.98. The quantitative estimate of drug-likeness (QED) is 0.631. The van der Waals surface area contributed by atoms with E-state index >= 15 is 0 Å². The number of aromatic amines is 1. The molecule has 2 aromatic carbocycles. The number of hydrogen-bond acceptors (Lipinski definition) is 2. The smallest absolute Gasteiger partial charge is 0.267 e. The van der Waals surface area contributed by atoms with Crippen LogP contribution >= 0.6 is 0 Å². The van der Waals surface area contributed by atoms with Gasteiger partial charge in [-0.15, -0.1) is 0 Å². The van der Waals surface area contributed by atoms with E-state index in [-0.39, 0.29) is 0 Å². The molecule has 0 saturated carbocycles. The number of carbonyl (C=O) groups is 1. The van der Waals surface area contributed by atoms with Crippen molar-refractivity contribution in [2.24, 2.45) is 0 Å². The van der Waals surface area contributed by atoms with Crippen LogP contribution < -0.4 is 5.32 Å². The Labute approximate surface area is 115 Å². The van der Waals surface area contributed by atoms with Gasteiger partial charge in [-0.3, -0.25) is 4.79 Å². The molecule has 4 heteroatoms. The lowest BCUT2D eigenvalue weighted by atomic mass is 9.92. The lowest BCUT2D eigenvalue weighted by Gasteiger charge is -2.19. The van der Waals surface area contributed by atoms with Crippen molar-refractivity contribution in [1.29, 1.82) is 0 Å². The highest BCUT2D eigenvalue weighted by molar-refractivity contribution is 6.07. The zero-order valence-electron chi connectivity index (χ0n) is 10.6. The van der Waals surface area contributed by atoms with Crippen molar-refractivity contribution >= 4 is 22.5 Å². The number of nitrogens with one attached hydrogen (secondary N) is 2. The summed E-state index contributed by atoms with van der Waals surface area (Å²) in [6.07, 6.45) is 0. The van der Waals surface area contributed by atoms with Gasteiger partial charge in [0.2, 0.25) is 5.60 Å². The first-order chi connectivity index (χ1) is 9.69. The Morgan fingerprint density at radius 1 is 1.00 bits per heavy atom. The number of H-pyrrole nitrogens is 1. The summed E-state index contributed by atoms with van der Waals surface area (Å²) in [6.45, 7) is 0. The Morgan fingerprint density at radius 2 is 1.75 bits per heavy atom. The maximum Gasteiger partial charge on any atom is 0.267 e. The third-order valence-corrected chi connectivity index (χ3v) is 3.81. The molecule has 0 bridgehead atoms. The molecule has 98 valence electrons. The Morgan fingerprint density at radius 3 is 2.60 bits per heavy atom. The summed E-state index contributed by atoms with van der Waals surface area (Å²) in [6, 6.07) is 16.7. The van der Waals surface area contributed by atoms with E-state index in [1.807, 2.05) is 42.5 Å². The fraction of sp³-hybridized carbons (Fsp3) is 0.0625. The van der Waals surface area contributed by atoms with Gasteiger partial charge in [-0.2, -0.15) is 0 Å². The van der Waals surface area contributed by atoms with Crippen LogP contribution in [0.2, 0.25) is 0 Å². The second-order valence-electron chi connectivity index (χ2n) is 4.98. The summed E-state index contributed by atoms with van der Waals surface area (Å²) >= 11 is 0. The molecular formula is C16H12N2O2. The molecule has 0 radical (unpaired) electrons. The van der Waals surface area contributed by atoms with Crippen molar-refractivity contribution in [2.75, 3.05) is 5.32 Å². The van der Waals surface area contributed by atoms with Crippen LogP contribution in [0.4, 0.5) is 5.69 Å². The number of aromatic nitrogens is 1. The number of aliphatic hydroxyl groups is 1. The van der Waals surface area contributed by atoms with Gasteiger partial charge in [-0.25, -0.2) is 0 Å². The minimum atomic E-state index is -1.66. The van der Waals surface area contributed by atoms with Gasteiger partial charge < -0.3 is 15.4 Å². The highest BCUT2D eigenvalue weighted by atomic mass is 16.3. The fourth-order valence-electron chi connectivity index (χ4n) is 2.78. The molecule has 4 rings (SSSR count). The number of carbonyl (C=O) groups excluding carboxylic acids is 1. The summed E-state index contributed by atoms with van der Waals surface area (Å²) in [5.41, 5.74) is 0.958. The number of benzene rings is 2. The van der Waals surface area contributed by atoms with Crippen LogP contribution in [-0.2, 0) is 10.4 Å². The van der Waals surface area contributed by atoms with E-state index in [0.29, 0.717) is 16.9 Å². The molecule has 1 atom stereocenters. The van der Waals surface area contributed by atoms with Gasteiger partial charge in [0.15, 0.2) is 0 Å². The molecule has 2 heterocycles. The number of hydrogen-bond donors (Lipinski definition) is 3. The van der Waals surface area contributed by atoms with E-state index in [1.165, 1.54) is 0 Å². The molecule has 1 amide bonds. The summed E-state index contributed by atoms with van der Waals surface area (Å²) in [5.74, 6) is -0.426. The highest BCUT2D eigenvalue weighted by Crippen LogP contribution is 2.40. The third kappa shape index (κ3) is 1.31. The van der Waals surface area contributed by atoms with Gasteiger partial charge in [-0.1, -0.05) is 36.4 Å². The molecule has 1 aliphatic heterocycles. The maximum atomic E-state index is 12.2. The molecule has 1 unspecified atom stereocenters. The Kier molecular flexibility index (Phi) is 2.09. The van der Waals surface area contributed by atoms with E-state index in [9.17, 15) is 9.90 Å². The van der Waals surface area contributed by atoms with Crippen LogP contribution in [0.5, 0.6) is 0 Å². The van der Waals surface area contributed by atoms with Crippen LogP contribution in [0.3, 0.4) is 0 Å². The predicted molar refractivity (Wildman–Crippen MR) is 76.4 cm³/mol. The lowest BCUT2D eigenvalue weighted by molar-refractivity contribution is -0.129. The van der Waals surface area contributed by atoms with Gasteiger partial charge >= 0.3 is 0 Å². The minimum absolute atomic E-state index is 0.426. The standard InChI is InChI=1S/C16H12N2O2/c19-15-16(20,11-6-2-4-8-13(11)18-15)14-9-10-5-1-3-7-12(10)17-14/h1-9,17,20H,(H,18,19). The largest absolute Gasteiger partial charge is 0.371 e. The first-order valence-electron chi connectivity index (χ1n) is 6.41. The van der Waals surface area contributed by atoms with Crippen LogP contribution in [0, 0.1) is 0 Å². The van der Waals surface area contributed by atoms with Crippen LogP contribution in [-0.4, -0.2) is 16.0 Å².